The van der Waals surface area contributed by atoms with E-state index in [1.807, 2.05) is 54.0 Å². The maximum absolute atomic E-state index is 7.29. The highest BCUT2D eigenvalue weighted by molar-refractivity contribution is 7.10. The van der Waals surface area contributed by atoms with Crippen LogP contribution in [0.5, 0.6) is 0 Å². The van der Waals surface area contributed by atoms with Gasteiger partial charge in [-0.1, -0.05) is 6.07 Å². The van der Waals surface area contributed by atoms with Crippen molar-refractivity contribution in [3.8, 4) is 0 Å². The van der Waals surface area contributed by atoms with Gasteiger partial charge in [0.25, 0.3) is 0 Å². The molecule has 1 fully saturated rings. The summed E-state index contributed by atoms with van der Waals surface area (Å²) in [7, 11) is 0. The van der Waals surface area contributed by atoms with Crippen LogP contribution < -0.4 is 5.06 Å². The molecule has 7 aromatic heterocycles. The van der Waals surface area contributed by atoms with Crippen LogP contribution in [0.15, 0.2) is 106 Å². The van der Waals surface area contributed by atoms with E-state index in [4.69, 9.17) is 23.6 Å². The number of oxazole rings is 1. The smallest absolute Gasteiger partial charge is 0.232 e. The van der Waals surface area contributed by atoms with Crippen molar-refractivity contribution in [1.82, 2.24) is 45.5 Å². The van der Waals surface area contributed by atoms with Gasteiger partial charge in [0.05, 0.1) is 30.0 Å². The van der Waals surface area contributed by atoms with E-state index in [0.29, 0.717) is 28.8 Å². The number of nitrogens with one attached hydrogen (secondary N) is 4. The van der Waals surface area contributed by atoms with Crippen molar-refractivity contribution in [2.45, 2.75) is 16.6 Å². The van der Waals surface area contributed by atoms with Crippen LogP contribution in [0.2, 0.25) is 0 Å². The molecule has 13 nitrogen and oxygen atoms in total. The summed E-state index contributed by atoms with van der Waals surface area (Å²) >= 11 is 1.55. The number of H-pyrrole nitrogens is 4. The minimum atomic E-state index is -1.48. The molecule has 14 heteroatoms. The summed E-state index contributed by atoms with van der Waals surface area (Å²) in [6.07, 6.45) is 13.3. The molecule has 0 spiro atoms. The first-order chi connectivity index (χ1) is 19.8. The second-order valence-corrected chi connectivity index (χ2v) is 10.1. The first-order valence-electron chi connectivity index (χ1n) is 12.3. The van der Waals surface area contributed by atoms with Gasteiger partial charge in [-0.25, -0.2) is 19.9 Å². The van der Waals surface area contributed by atoms with Crippen LogP contribution in [0.25, 0.3) is 0 Å². The number of rotatable bonds is 7. The number of imidazole rings is 1. The molecule has 0 saturated carbocycles. The predicted octanol–water partition coefficient (Wildman–Crippen LogP) is 3.85. The number of furan rings is 1. The number of nitrogens with zero attached hydrogens (tertiary/aromatic N) is 6. The maximum Gasteiger partial charge on any atom is 0.232 e. The maximum atomic E-state index is 7.29. The van der Waals surface area contributed by atoms with E-state index < -0.39 is 16.6 Å². The van der Waals surface area contributed by atoms with Crippen molar-refractivity contribution in [3.05, 3.63) is 131 Å². The van der Waals surface area contributed by atoms with Crippen molar-refractivity contribution < 1.29 is 13.7 Å². The summed E-state index contributed by atoms with van der Waals surface area (Å²) in [6.45, 7) is 0. The molecule has 1 aliphatic rings. The summed E-state index contributed by atoms with van der Waals surface area (Å²) in [4.78, 5) is 24.5. The van der Waals surface area contributed by atoms with E-state index >= 15 is 0 Å². The van der Waals surface area contributed by atoms with Crippen molar-refractivity contribution in [3.63, 3.8) is 0 Å². The molecule has 8 rings (SSSR count). The van der Waals surface area contributed by atoms with Crippen LogP contribution in [-0.4, -0.2) is 45.5 Å². The van der Waals surface area contributed by atoms with Crippen LogP contribution >= 0.6 is 11.3 Å². The standard InChI is InChI=1S/C26H20N10O3S/c1-4-18(27-8-1)26(19-5-2-13-37-19)24(17-7-9-31-33-17,20-6-3-15-40-20)25(22-28-10-11-29-22,23-30-12-14-38-23)36(39-26)21-16-32-35-34-21/h1-16,27H,(H,28,29)(H,31,33)(H,32,34,35). The highest BCUT2D eigenvalue weighted by atomic mass is 32.1. The Balaban J connectivity index is 1.67. The average molecular weight is 553 g/mol. The normalized spacial score (nSPS) is 24.6. The number of aromatic nitrogens is 9. The van der Waals surface area contributed by atoms with Crippen LogP contribution in [0, 0.1) is 0 Å². The monoisotopic (exact) mass is 552 g/mol. The largest absolute Gasteiger partial charge is 0.466 e. The number of hydrogen-bond acceptors (Lipinski definition) is 10. The highest BCUT2D eigenvalue weighted by Gasteiger charge is 2.83. The predicted molar refractivity (Wildman–Crippen MR) is 140 cm³/mol. The second-order valence-electron chi connectivity index (χ2n) is 9.14. The molecule has 0 aromatic carbocycles. The Morgan fingerprint density at radius 1 is 0.850 bits per heavy atom. The molecular weight excluding hydrogens is 532 g/mol. The Kier molecular flexibility index (Phi) is 4.77. The zero-order chi connectivity index (χ0) is 26.6. The van der Waals surface area contributed by atoms with Gasteiger partial charge in [0.2, 0.25) is 17.0 Å². The summed E-state index contributed by atoms with van der Waals surface area (Å²) in [5, 5.41) is 22.6. The third-order valence-corrected chi connectivity index (χ3v) is 8.43. The quantitative estimate of drug-likeness (QED) is 0.230. The van der Waals surface area contributed by atoms with Crippen LogP contribution in [0.4, 0.5) is 5.82 Å². The first-order valence-corrected chi connectivity index (χ1v) is 13.2. The molecule has 3 atom stereocenters. The van der Waals surface area contributed by atoms with Crippen molar-refractivity contribution >= 4 is 17.2 Å². The fraction of sp³-hybridized carbons (Fsp3) is 0.115. The molecular formula is C26H20N10O3S. The Morgan fingerprint density at radius 3 is 2.50 bits per heavy atom. The molecule has 1 aliphatic heterocycles. The first kappa shape index (κ1) is 22.7. The molecule has 3 unspecified atom stereocenters. The summed E-state index contributed by atoms with van der Waals surface area (Å²) in [6, 6.07) is 13.5. The van der Waals surface area contributed by atoms with Gasteiger partial charge in [0.15, 0.2) is 5.82 Å². The van der Waals surface area contributed by atoms with Gasteiger partial charge in [0, 0.05) is 29.7 Å². The molecule has 4 N–H and O–H groups in total. The average Bonchev–Trinajstić information content (AvgIpc) is 3.85. The molecule has 40 heavy (non-hydrogen) atoms. The van der Waals surface area contributed by atoms with Crippen molar-refractivity contribution in [2.24, 2.45) is 0 Å². The number of hydrogen-bond donors (Lipinski definition) is 4. The third kappa shape index (κ3) is 2.60. The Morgan fingerprint density at radius 2 is 1.85 bits per heavy atom. The topological polar surface area (TPSA) is 166 Å². The van der Waals surface area contributed by atoms with Crippen molar-refractivity contribution in [2.75, 3.05) is 5.06 Å². The molecule has 1 saturated heterocycles. The fourth-order valence-electron chi connectivity index (χ4n) is 6.15. The van der Waals surface area contributed by atoms with E-state index in [-0.39, 0.29) is 5.89 Å². The van der Waals surface area contributed by atoms with Gasteiger partial charge in [0.1, 0.15) is 23.3 Å². The van der Waals surface area contributed by atoms with Gasteiger partial charge >= 0.3 is 0 Å². The van der Waals surface area contributed by atoms with Gasteiger partial charge in [-0.2, -0.15) is 15.4 Å². The highest BCUT2D eigenvalue weighted by Crippen LogP contribution is 2.70. The van der Waals surface area contributed by atoms with E-state index in [1.54, 1.807) is 53.6 Å². The minimum absolute atomic E-state index is 0.286. The number of anilines is 1. The third-order valence-electron chi connectivity index (χ3n) is 7.44. The molecule has 7 aromatic rings. The number of aromatic amines is 4. The lowest BCUT2D eigenvalue weighted by Gasteiger charge is -2.46. The van der Waals surface area contributed by atoms with E-state index in [9.17, 15) is 0 Å². The molecule has 198 valence electrons. The molecule has 8 heterocycles. The minimum Gasteiger partial charge on any atom is -0.466 e. The summed E-state index contributed by atoms with van der Waals surface area (Å²) in [5.41, 5.74) is -2.83. The zero-order valence-electron chi connectivity index (χ0n) is 20.6. The van der Waals surface area contributed by atoms with E-state index in [0.717, 1.165) is 4.88 Å². The van der Waals surface area contributed by atoms with E-state index in [2.05, 4.69) is 35.6 Å². The molecule has 0 aliphatic carbocycles. The van der Waals surface area contributed by atoms with Gasteiger partial charge in [-0.3, -0.25) is 5.10 Å². The number of hydroxylamine groups is 1. The van der Waals surface area contributed by atoms with Gasteiger partial charge < -0.3 is 18.8 Å². The zero-order valence-corrected chi connectivity index (χ0v) is 21.4. The Hall–Kier alpha value is -5.21. The van der Waals surface area contributed by atoms with Crippen LogP contribution in [0.3, 0.4) is 0 Å². The second kappa shape index (κ2) is 8.39. The summed E-state index contributed by atoms with van der Waals surface area (Å²) < 4.78 is 12.5. The molecule has 0 radical (unpaired) electrons. The lowest BCUT2D eigenvalue weighted by Crippen LogP contribution is -2.61. The summed E-state index contributed by atoms with van der Waals surface area (Å²) in [5.74, 6) is 1.62. The SMILES string of the molecule is c1c[nH]c(C2(c3ccco3)ON(c3cn[nH]n3)C(c3ncc[nH]3)(c3ncco3)C2(c2ccn[nH]2)c2cccs2)c1. The Labute approximate surface area is 229 Å². The lowest BCUT2D eigenvalue weighted by atomic mass is 9.55. The number of thiophene rings is 1. The fourth-order valence-corrected chi connectivity index (χ4v) is 7.19. The lowest BCUT2D eigenvalue weighted by molar-refractivity contribution is -0.0285. The molecule has 0 bridgehead atoms. The Bertz CT molecular complexity index is 1670. The van der Waals surface area contributed by atoms with Gasteiger partial charge in [-0.05, 0) is 41.8 Å². The van der Waals surface area contributed by atoms with Crippen LogP contribution in [0.1, 0.15) is 33.7 Å². The van der Waals surface area contributed by atoms with E-state index in [1.165, 1.54) is 6.26 Å². The van der Waals surface area contributed by atoms with Crippen LogP contribution in [-0.2, 0) is 21.4 Å². The van der Waals surface area contributed by atoms with Gasteiger partial charge in [-0.15, -0.1) is 16.4 Å². The molecule has 0 amide bonds. The van der Waals surface area contributed by atoms with Crippen molar-refractivity contribution in [1.29, 1.82) is 0 Å².